The molecule has 2 rings (SSSR count). The van der Waals surface area contributed by atoms with Gasteiger partial charge in [0, 0.05) is 12.1 Å². The summed E-state index contributed by atoms with van der Waals surface area (Å²) in [6, 6.07) is 6.32. The molecule has 5 heteroatoms. The van der Waals surface area contributed by atoms with Gasteiger partial charge >= 0.3 is 0 Å². The normalized spacial score (nSPS) is 10.4. The molecule has 1 aromatic heterocycles. The Morgan fingerprint density at radius 3 is 2.50 bits per heavy atom. The third-order valence-corrected chi connectivity index (χ3v) is 2.94. The molecule has 0 aliphatic carbocycles. The maximum absolute atomic E-state index is 12.8. The van der Waals surface area contributed by atoms with Crippen molar-refractivity contribution in [3.05, 3.63) is 52.2 Å². The van der Waals surface area contributed by atoms with Crippen molar-refractivity contribution in [3.63, 3.8) is 0 Å². The molecule has 0 aliphatic rings. The summed E-state index contributed by atoms with van der Waals surface area (Å²) in [6.07, 6.45) is 0. The lowest BCUT2D eigenvalue weighted by Crippen LogP contribution is -2.05. The van der Waals surface area contributed by atoms with Crippen LogP contribution in [0.4, 0.5) is 10.2 Å². The van der Waals surface area contributed by atoms with Gasteiger partial charge in [-0.25, -0.2) is 14.4 Å². The van der Waals surface area contributed by atoms with Crippen LogP contribution in [0.15, 0.2) is 24.3 Å². The molecule has 0 bridgehead atoms. The summed E-state index contributed by atoms with van der Waals surface area (Å²) in [4.78, 5) is 8.35. The minimum absolute atomic E-state index is 0.240. The second kappa shape index (κ2) is 5.31. The van der Waals surface area contributed by atoms with Gasteiger partial charge in [-0.3, -0.25) is 0 Å². The van der Waals surface area contributed by atoms with E-state index in [-0.39, 0.29) is 5.82 Å². The van der Waals surface area contributed by atoms with Crippen LogP contribution in [-0.2, 0) is 6.54 Å². The fraction of sp³-hybridized carbons (Fsp3) is 0.231. The molecule has 1 aromatic carbocycles. The van der Waals surface area contributed by atoms with Gasteiger partial charge in [-0.1, -0.05) is 23.7 Å². The van der Waals surface area contributed by atoms with Crippen molar-refractivity contribution < 1.29 is 4.39 Å². The first-order chi connectivity index (χ1) is 8.56. The van der Waals surface area contributed by atoms with Crippen molar-refractivity contribution >= 4 is 17.4 Å². The van der Waals surface area contributed by atoms with E-state index in [1.807, 2.05) is 6.92 Å². The summed E-state index contributed by atoms with van der Waals surface area (Å²) in [5, 5.41) is 3.62. The maximum atomic E-state index is 12.8. The first kappa shape index (κ1) is 12.8. The molecule has 1 N–H and O–H groups in total. The third kappa shape index (κ3) is 2.96. The van der Waals surface area contributed by atoms with E-state index in [9.17, 15) is 4.39 Å². The molecule has 0 aliphatic heterocycles. The number of nitrogens with one attached hydrogen (secondary N) is 1. The number of aromatic nitrogens is 2. The molecule has 18 heavy (non-hydrogen) atoms. The van der Waals surface area contributed by atoms with Crippen LogP contribution in [0.25, 0.3) is 0 Å². The molecule has 94 valence electrons. The maximum Gasteiger partial charge on any atom is 0.137 e. The van der Waals surface area contributed by atoms with Crippen LogP contribution in [-0.4, -0.2) is 9.97 Å². The first-order valence-electron chi connectivity index (χ1n) is 5.55. The molecular weight excluding hydrogens is 253 g/mol. The Balaban J connectivity index is 2.13. The van der Waals surface area contributed by atoms with Gasteiger partial charge in [0.15, 0.2) is 0 Å². The fourth-order valence-electron chi connectivity index (χ4n) is 1.55. The summed E-state index contributed by atoms with van der Waals surface area (Å²) in [6.45, 7) is 4.21. The summed E-state index contributed by atoms with van der Waals surface area (Å²) in [5.41, 5.74) is 1.78. The van der Waals surface area contributed by atoms with Gasteiger partial charge in [0.2, 0.25) is 0 Å². The quantitative estimate of drug-likeness (QED) is 0.863. The van der Waals surface area contributed by atoms with Crippen molar-refractivity contribution in [2.45, 2.75) is 20.4 Å². The zero-order valence-electron chi connectivity index (χ0n) is 10.2. The Bertz CT molecular complexity index is 555. The lowest BCUT2D eigenvalue weighted by Gasteiger charge is -2.10. The van der Waals surface area contributed by atoms with E-state index >= 15 is 0 Å². The van der Waals surface area contributed by atoms with Crippen molar-refractivity contribution in [1.82, 2.24) is 9.97 Å². The van der Waals surface area contributed by atoms with Crippen molar-refractivity contribution in [1.29, 1.82) is 0 Å². The van der Waals surface area contributed by atoms with E-state index < -0.39 is 0 Å². The van der Waals surface area contributed by atoms with Crippen LogP contribution in [0, 0.1) is 19.7 Å². The van der Waals surface area contributed by atoms with Crippen LogP contribution >= 0.6 is 11.6 Å². The molecule has 0 amide bonds. The lowest BCUT2D eigenvalue weighted by atomic mass is 10.2. The van der Waals surface area contributed by atoms with E-state index in [4.69, 9.17) is 11.6 Å². The average Bonchev–Trinajstić information content (AvgIpc) is 2.34. The summed E-state index contributed by atoms with van der Waals surface area (Å²) < 4.78 is 12.8. The number of hydrogen-bond acceptors (Lipinski definition) is 3. The first-order valence-corrected chi connectivity index (χ1v) is 5.93. The Kier molecular flexibility index (Phi) is 3.77. The Hall–Kier alpha value is -1.68. The van der Waals surface area contributed by atoms with Crippen LogP contribution in [0.3, 0.4) is 0 Å². The Morgan fingerprint density at radius 2 is 1.83 bits per heavy atom. The van der Waals surface area contributed by atoms with Crippen LogP contribution < -0.4 is 5.32 Å². The highest BCUT2D eigenvalue weighted by atomic mass is 35.5. The molecule has 3 nitrogen and oxygen atoms in total. The molecule has 0 saturated heterocycles. The smallest absolute Gasteiger partial charge is 0.137 e. The fourth-order valence-corrected chi connectivity index (χ4v) is 1.77. The molecular formula is C13H13ClFN3. The van der Waals surface area contributed by atoms with Crippen LogP contribution in [0.2, 0.25) is 5.15 Å². The van der Waals surface area contributed by atoms with Gasteiger partial charge < -0.3 is 5.32 Å². The van der Waals surface area contributed by atoms with Gasteiger partial charge in [0.1, 0.15) is 22.6 Å². The van der Waals surface area contributed by atoms with E-state index in [0.29, 0.717) is 23.3 Å². The number of benzene rings is 1. The van der Waals surface area contributed by atoms with Crippen molar-refractivity contribution in [2.75, 3.05) is 5.32 Å². The van der Waals surface area contributed by atoms with Gasteiger partial charge in [0.25, 0.3) is 0 Å². The Morgan fingerprint density at radius 1 is 1.17 bits per heavy atom. The zero-order chi connectivity index (χ0) is 13.1. The number of nitrogens with zero attached hydrogens (tertiary/aromatic N) is 2. The number of hydrogen-bond donors (Lipinski definition) is 1. The van der Waals surface area contributed by atoms with E-state index in [2.05, 4.69) is 15.3 Å². The minimum Gasteiger partial charge on any atom is -0.366 e. The van der Waals surface area contributed by atoms with Gasteiger partial charge in [-0.2, -0.15) is 0 Å². The zero-order valence-corrected chi connectivity index (χ0v) is 10.9. The molecule has 0 radical (unpaired) electrons. The number of anilines is 1. The van der Waals surface area contributed by atoms with Gasteiger partial charge in [-0.15, -0.1) is 0 Å². The van der Waals surface area contributed by atoms with Crippen LogP contribution in [0.5, 0.6) is 0 Å². The summed E-state index contributed by atoms with van der Waals surface area (Å²) >= 11 is 5.98. The van der Waals surface area contributed by atoms with Crippen LogP contribution in [0.1, 0.15) is 17.0 Å². The average molecular weight is 266 g/mol. The summed E-state index contributed by atoms with van der Waals surface area (Å²) in [7, 11) is 0. The lowest BCUT2D eigenvalue weighted by molar-refractivity contribution is 0.627. The molecule has 0 spiro atoms. The third-order valence-electron chi connectivity index (χ3n) is 2.57. The molecule has 0 fully saturated rings. The number of aryl methyl sites for hydroxylation is 1. The SMILES string of the molecule is Cc1nc(Cl)c(C)c(NCc2ccc(F)cc2)n1. The highest BCUT2D eigenvalue weighted by Gasteiger charge is 2.06. The van der Waals surface area contributed by atoms with Crippen molar-refractivity contribution in [2.24, 2.45) is 0 Å². The van der Waals surface area contributed by atoms with Crippen molar-refractivity contribution in [3.8, 4) is 0 Å². The minimum atomic E-state index is -0.240. The highest BCUT2D eigenvalue weighted by Crippen LogP contribution is 2.20. The van der Waals surface area contributed by atoms with Gasteiger partial charge in [0.05, 0.1) is 0 Å². The van der Waals surface area contributed by atoms with Gasteiger partial charge in [-0.05, 0) is 31.5 Å². The predicted octanol–water partition coefficient (Wildman–Crippen LogP) is 3.50. The monoisotopic (exact) mass is 265 g/mol. The molecule has 1 heterocycles. The molecule has 2 aromatic rings. The standard InChI is InChI=1S/C13H13ClFN3/c1-8-12(14)17-9(2)18-13(8)16-7-10-3-5-11(15)6-4-10/h3-6H,7H2,1-2H3,(H,16,17,18). The molecule has 0 saturated carbocycles. The second-order valence-corrected chi connectivity index (χ2v) is 4.37. The predicted molar refractivity (Wildman–Crippen MR) is 70.2 cm³/mol. The summed E-state index contributed by atoms with van der Waals surface area (Å²) in [5.74, 6) is 1.08. The Labute approximate surface area is 110 Å². The topological polar surface area (TPSA) is 37.8 Å². The molecule has 0 atom stereocenters. The molecule has 0 unspecified atom stereocenters. The van der Waals surface area contributed by atoms with E-state index in [1.165, 1.54) is 12.1 Å². The van der Waals surface area contributed by atoms with E-state index in [0.717, 1.165) is 11.1 Å². The number of halogens is 2. The largest absolute Gasteiger partial charge is 0.366 e. The second-order valence-electron chi connectivity index (χ2n) is 4.02. The van der Waals surface area contributed by atoms with E-state index in [1.54, 1.807) is 19.1 Å². The highest BCUT2D eigenvalue weighted by molar-refractivity contribution is 6.30. The number of rotatable bonds is 3.